The number of hydrogen-bond donors (Lipinski definition) is 1. The third-order valence-corrected chi connectivity index (χ3v) is 2.68. The molecule has 20 heavy (non-hydrogen) atoms. The highest BCUT2D eigenvalue weighted by Gasteiger charge is 2.30. The van der Waals surface area contributed by atoms with E-state index >= 15 is 0 Å². The summed E-state index contributed by atoms with van der Waals surface area (Å²) in [4.78, 5) is 0. The van der Waals surface area contributed by atoms with Crippen molar-refractivity contribution >= 4 is 0 Å². The lowest BCUT2D eigenvalue weighted by Crippen LogP contribution is -2.17. The first-order valence-electron chi connectivity index (χ1n) is 6.84. The monoisotopic (exact) mass is 289 g/mol. The number of benzene rings is 1. The number of rotatable bonds is 8. The van der Waals surface area contributed by atoms with E-state index in [-0.39, 0.29) is 0 Å². The third kappa shape index (κ3) is 6.91. The zero-order chi connectivity index (χ0) is 15.0. The smallest absolute Gasteiger partial charge is 0.381 e. The van der Waals surface area contributed by atoms with Crippen LogP contribution in [0.15, 0.2) is 24.3 Å². The topological polar surface area (TPSA) is 21.3 Å². The van der Waals surface area contributed by atoms with Crippen LogP contribution in [0.2, 0.25) is 0 Å². The molecule has 0 saturated carbocycles. The van der Waals surface area contributed by atoms with E-state index in [1.54, 1.807) is 6.07 Å². The summed E-state index contributed by atoms with van der Waals surface area (Å²) >= 11 is 0. The Bertz CT molecular complexity index is 391. The maximum Gasteiger partial charge on any atom is 0.416 e. The van der Waals surface area contributed by atoms with Crippen LogP contribution >= 0.6 is 0 Å². The van der Waals surface area contributed by atoms with Gasteiger partial charge in [-0.3, -0.25) is 0 Å². The fourth-order valence-corrected chi connectivity index (χ4v) is 1.71. The van der Waals surface area contributed by atoms with E-state index in [2.05, 4.69) is 19.2 Å². The Morgan fingerprint density at radius 1 is 1.25 bits per heavy atom. The third-order valence-electron chi connectivity index (χ3n) is 2.68. The van der Waals surface area contributed by atoms with Crippen LogP contribution in [0.1, 0.15) is 31.4 Å². The van der Waals surface area contributed by atoms with Crippen molar-refractivity contribution in [2.45, 2.75) is 33.0 Å². The van der Waals surface area contributed by atoms with Crippen molar-refractivity contribution in [2.75, 3.05) is 19.8 Å². The van der Waals surface area contributed by atoms with Gasteiger partial charge in [0.25, 0.3) is 0 Å². The van der Waals surface area contributed by atoms with Gasteiger partial charge in [0, 0.05) is 19.8 Å². The summed E-state index contributed by atoms with van der Waals surface area (Å²) in [5.74, 6) is 0.521. The van der Waals surface area contributed by atoms with Gasteiger partial charge in [-0.2, -0.15) is 13.2 Å². The van der Waals surface area contributed by atoms with Gasteiger partial charge in [0.15, 0.2) is 0 Å². The molecule has 0 unspecified atom stereocenters. The maximum atomic E-state index is 12.5. The Kier molecular flexibility index (Phi) is 7.02. The minimum absolute atomic E-state index is 0.439. The SMILES string of the molecule is CC(C)COCCCNCc1cccc(C(F)(F)F)c1. The van der Waals surface area contributed by atoms with Crippen LogP contribution in [-0.4, -0.2) is 19.8 Å². The fraction of sp³-hybridized carbons (Fsp3) is 0.600. The molecule has 0 aliphatic heterocycles. The quantitative estimate of drug-likeness (QED) is 0.734. The lowest BCUT2D eigenvalue weighted by molar-refractivity contribution is -0.137. The molecular weight excluding hydrogens is 267 g/mol. The summed E-state index contributed by atoms with van der Waals surface area (Å²) in [7, 11) is 0. The van der Waals surface area contributed by atoms with E-state index in [1.165, 1.54) is 12.1 Å². The zero-order valence-corrected chi connectivity index (χ0v) is 12.0. The fourth-order valence-electron chi connectivity index (χ4n) is 1.71. The van der Waals surface area contributed by atoms with Gasteiger partial charge in [-0.1, -0.05) is 32.0 Å². The number of ether oxygens (including phenoxy) is 1. The van der Waals surface area contributed by atoms with Gasteiger partial charge in [-0.25, -0.2) is 0 Å². The van der Waals surface area contributed by atoms with E-state index in [0.29, 0.717) is 24.6 Å². The molecule has 0 heterocycles. The van der Waals surface area contributed by atoms with E-state index in [1.807, 2.05) is 0 Å². The second kappa shape index (κ2) is 8.27. The first-order chi connectivity index (χ1) is 9.39. The summed E-state index contributed by atoms with van der Waals surface area (Å²) in [6.07, 6.45) is -3.42. The second-order valence-electron chi connectivity index (χ2n) is 5.20. The zero-order valence-electron chi connectivity index (χ0n) is 12.0. The van der Waals surface area contributed by atoms with Gasteiger partial charge in [0.05, 0.1) is 5.56 Å². The summed E-state index contributed by atoms with van der Waals surface area (Å²) in [6.45, 7) is 6.77. The summed E-state index contributed by atoms with van der Waals surface area (Å²) in [5, 5.41) is 3.12. The van der Waals surface area contributed by atoms with Crippen LogP contribution in [0.3, 0.4) is 0 Å². The molecule has 1 N–H and O–H groups in total. The molecule has 5 heteroatoms. The van der Waals surface area contributed by atoms with Gasteiger partial charge in [-0.05, 0) is 30.5 Å². The number of hydrogen-bond acceptors (Lipinski definition) is 2. The van der Waals surface area contributed by atoms with Crippen molar-refractivity contribution in [3.63, 3.8) is 0 Å². The molecule has 0 saturated heterocycles. The van der Waals surface area contributed by atoms with Crippen molar-refractivity contribution in [2.24, 2.45) is 5.92 Å². The van der Waals surface area contributed by atoms with E-state index in [0.717, 1.165) is 25.6 Å². The highest BCUT2D eigenvalue weighted by atomic mass is 19.4. The molecule has 1 aromatic carbocycles. The molecule has 1 aromatic rings. The Morgan fingerprint density at radius 3 is 2.65 bits per heavy atom. The maximum absolute atomic E-state index is 12.5. The minimum Gasteiger partial charge on any atom is -0.381 e. The molecule has 1 rings (SSSR count). The average Bonchev–Trinajstić information content (AvgIpc) is 2.36. The average molecular weight is 289 g/mol. The molecule has 0 fully saturated rings. The Hall–Kier alpha value is -1.07. The molecule has 2 nitrogen and oxygen atoms in total. The van der Waals surface area contributed by atoms with Crippen LogP contribution in [0.4, 0.5) is 13.2 Å². The van der Waals surface area contributed by atoms with E-state index in [9.17, 15) is 13.2 Å². The first kappa shape index (κ1) is 17.0. The summed E-state index contributed by atoms with van der Waals surface area (Å²) < 4.78 is 43.0. The molecule has 0 atom stereocenters. The molecule has 0 bridgehead atoms. The van der Waals surface area contributed by atoms with Crippen molar-refractivity contribution in [1.29, 1.82) is 0 Å². The molecule has 0 aliphatic carbocycles. The summed E-state index contributed by atoms with van der Waals surface area (Å²) in [5.41, 5.74) is 0.0417. The molecule has 0 aromatic heterocycles. The highest BCUT2D eigenvalue weighted by molar-refractivity contribution is 5.25. The van der Waals surface area contributed by atoms with Gasteiger partial charge in [0.1, 0.15) is 0 Å². The molecule has 0 amide bonds. The summed E-state index contributed by atoms with van der Waals surface area (Å²) in [6, 6.07) is 5.40. The number of halogens is 3. The van der Waals surface area contributed by atoms with Crippen molar-refractivity contribution < 1.29 is 17.9 Å². The minimum atomic E-state index is -4.28. The van der Waals surface area contributed by atoms with Gasteiger partial charge in [-0.15, -0.1) is 0 Å². The van der Waals surface area contributed by atoms with Crippen LogP contribution in [0, 0.1) is 5.92 Å². The first-order valence-corrected chi connectivity index (χ1v) is 6.84. The Morgan fingerprint density at radius 2 is 2.00 bits per heavy atom. The highest BCUT2D eigenvalue weighted by Crippen LogP contribution is 2.29. The largest absolute Gasteiger partial charge is 0.416 e. The number of nitrogens with one attached hydrogen (secondary N) is 1. The van der Waals surface area contributed by atoms with E-state index < -0.39 is 11.7 Å². The number of alkyl halides is 3. The van der Waals surface area contributed by atoms with Gasteiger partial charge in [0.2, 0.25) is 0 Å². The van der Waals surface area contributed by atoms with E-state index in [4.69, 9.17) is 4.74 Å². The molecule has 0 aliphatic rings. The molecule has 114 valence electrons. The predicted molar refractivity (Wildman–Crippen MR) is 73.4 cm³/mol. The normalized spacial score (nSPS) is 12.1. The van der Waals surface area contributed by atoms with Crippen molar-refractivity contribution in [3.05, 3.63) is 35.4 Å². The molecule has 0 radical (unpaired) electrons. The van der Waals surface area contributed by atoms with Crippen LogP contribution in [0.5, 0.6) is 0 Å². The van der Waals surface area contributed by atoms with Crippen molar-refractivity contribution in [1.82, 2.24) is 5.32 Å². The van der Waals surface area contributed by atoms with Gasteiger partial charge >= 0.3 is 6.18 Å². The van der Waals surface area contributed by atoms with Gasteiger partial charge < -0.3 is 10.1 Å². The molecule has 0 spiro atoms. The molecular formula is C15H22F3NO. The lowest BCUT2D eigenvalue weighted by atomic mass is 10.1. The van der Waals surface area contributed by atoms with Crippen molar-refractivity contribution in [3.8, 4) is 0 Å². The predicted octanol–water partition coefficient (Wildman–Crippen LogP) is 3.86. The standard InChI is InChI=1S/C15H22F3NO/c1-12(2)11-20-8-4-7-19-10-13-5-3-6-14(9-13)15(16,17)18/h3,5-6,9,12,19H,4,7-8,10-11H2,1-2H3. The Balaban J connectivity index is 2.22. The second-order valence-corrected chi connectivity index (χ2v) is 5.20. The Labute approximate surface area is 118 Å². The van der Waals surface area contributed by atoms with Crippen LogP contribution in [-0.2, 0) is 17.5 Å². The lowest BCUT2D eigenvalue weighted by Gasteiger charge is -2.10. The van der Waals surface area contributed by atoms with Crippen LogP contribution < -0.4 is 5.32 Å². The van der Waals surface area contributed by atoms with Crippen LogP contribution in [0.25, 0.3) is 0 Å².